The van der Waals surface area contributed by atoms with Crippen LogP contribution in [0, 0.1) is 5.92 Å². The van der Waals surface area contributed by atoms with Gasteiger partial charge in [0.15, 0.2) is 5.96 Å². The van der Waals surface area contributed by atoms with Crippen molar-refractivity contribution in [1.82, 2.24) is 10.6 Å². The standard InChI is InChI=1S/C10H15N3O/c1-11-10-12-8(9(14)13-10)7-5-3-2-4-6-7/h2-3,7-8H,4-6H2,1H3,(H2,11,12,13,14). The molecular weight excluding hydrogens is 178 g/mol. The van der Waals surface area contributed by atoms with E-state index in [0.29, 0.717) is 11.9 Å². The van der Waals surface area contributed by atoms with Crippen LogP contribution < -0.4 is 10.6 Å². The van der Waals surface area contributed by atoms with Crippen LogP contribution in [0.15, 0.2) is 17.1 Å². The number of carbonyl (C=O) groups excluding carboxylic acids is 1. The summed E-state index contributed by atoms with van der Waals surface area (Å²) in [4.78, 5) is 15.5. The lowest BCUT2D eigenvalue weighted by Crippen LogP contribution is -2.37. The molecule has 1 fully saturated rings. The summed E-state index contributed by atoms with van der Waals surface area (Å²) in [5.41, 5.74) is 0. The van der Waals surface area contributed by atoms with Crippen molar-refractivity contribution in [2.24, 2.45) is 10.9 Å². The Balaban J connectivity index is 2.04. The monoisotopic (exact) mass is 193 g/mol. The van der Waals surface area contributed by atoms with Crippen molar-refractivity contribution >= 4 is 11.9 Å². The van der Waals surface area contributed by atoms with Gasteiger partial charge in [-0.15, -0.1) is 0 Å². The van der Waals surface area contributed by atoms with Crippen molar-refractivity contribution in [3.05, 3.63) is 12.2 Å². The highest BCUT2D eigenvalue weighted by Gasteiger charge is 2.34. The van der Waals surface area contributed by atoms with Crippen molar-refractivity contribution in [2.45, 2.75) is 25.3 Å². The molecule has 14 heavy (non-hydrogen) atoms. The van der Waals surface area contributed by atoms with Crippen molar-refractivity contribution < 1.29 is 4.79 Å². The van der Waals surface area contributed by atoms with Crippen LogP contribution in [-0.2, 0) is 4.79 Å². The van der Waals surface area contributed by atoms with E-state index in [0.717, 1.165) is 19.3 Å². The van der Waals surface area contributed by atoms with Crippen LogP contribution in [-0.4, -0.2) is 25.0 Å². The van der Waals surface area contributed by atoms with E-state index in [1.165, 1.54) is 0 Å². The minimum atomic E-state index is -0.0846. The maximum Gasteiger partial charge on any atom is 0.249 e. The number of aliphatic imine (C=N–C) groups is 1. The van der Waals surface area contributed by atoms with Crippen molar-refractivity contribution in [3.8, 4) is 0 Å². The second kappa shape index (κ2) is 3.82. The van der Waals surface area contributed by atoms with Crippen molar-refractivity contribution in [2.75, 3.05) is 7.05 Å². The predicted molar refractivity (Wildman–Crippen MR) is 54.9 cm³/mol. The molecule has 2 unspecified atom stereocenters. The van der Waals surface area contributed by atoms with E-state index in [9.17, 15) is 4.79 Å². The Bertz CT molecular complexity index is 296. The Morgan fingerprint density at radius 1 is 1.50 bits per heavy atom. The van der Waals surface area contributed by atoms with E-state index in [1.807, 2.05) is 0 Å². The van der Waals surface area contributed by atoms with E-state index in [1.54, 1.807) is 7.05 Å². The zero-order valence-corrected chi connectivity index (χ0v) is 8.29. The Hall–Kier alpha value is -1.32. The van der Waals surface area contributed by atoms with Crippen LogP contribution in [0.1, 0.15) is 19.3 Å². The molecule has 0 aromatic rings. The fourth-order valence-electron chi connectivity index (χ4n) is 2.02. The number of nitrogens with zero attached hydrogens (tertiary/aromatic N) is 1. The van der Waals surface area contributed by atoms with Gasteiger partial charge in [-0.1, -0.05) is 12.2 Å². The molecule has 1 aliphatic carbocycles. The predicted octanol–water partition coefficient (Wildman–Crippen LogP) is 0.416. The number of hydrogen-bond donors (Lipinski definition) is 2. The summed E-state index contributed by atoms with van der Waals surface area (Å²) < 4.78 is 0. The average Bonchev–Trinajstić information content (AvgIpc) is 2.61. The summed E-state index contributed by atoms with van der Waals surface area (Å²) in [6.45, 7) is 0. The van der Waals surface area contributed by atoms with Crippen molar-refractivity contribution in [3.63, 3.8) is 0 Å². The zero-order chi connectivity index (χ0) is 9.97. The molecule has 0 aromatic heterocycles. The molecular formula is C10H15N3O. The van der Waals surface area contributed by atoms with Gasteiger partial charge in [0.05, 0.1) is 0 Å². The molecule has 76 valence electrons. The van der Waals surface area contributed by atoms with Gasteiger partial charge in [-0.3, -0.25) is 15.1 Å². The molecule has 1 aliphatic heterocycles. The Morgan fingerprint density at radius 3 is 2.93 bits per heavy atom. The molecule has 0 aromatic carbocycles. The maximum atomic E-state index is 11.6. The summed E-state index contributed by atoms with van der Waals surface area (Å²) in [5, 5.41) is 5.84. The number of carbonyl (C=O) groups is 1. The van der Waals surface area contributed by atoms with Crippen LogP contribution in [0.2, 0.25) is 0 Å². The lowest BCUT2D eigenvalue weighted by Gasteiger charge is -2.22. The van der Waals surface area contributed by atoms with E-state index < -0.39 is 0 Å². The lowest BCUT2D eigenvalue weighted by atomic mass is 9.88. The fraction of sp³-hybridized carbons (Fsp3) is 0.600. The highest BCUT2D eigenvalue weighted by Crippen LogP contribution is 2.23. The summed E-state index contributed by atoms with van der Waals surface area (Å²) >= 11 is 0. The number of nitrogens with one attached hydrogen (secondary N) is 2. The van der Waals surface area contributed by atoms with Gasteiger partial charge in [-0.05, 0) is 25.2 Å². The summed E-state index contributed by atoms with van der Waals surface area (Å²) in [5.74, 6) is 1.08. The maximum absolute atomic E-state index is 11.6. The Labute approximate surface area is 83.5 Å². The summed E-state index contributed by atoms with van der Waals surface area (Å²) in [6, 6.07) is -0.0846. The van der Waals surface area contributed by atoms with E-state index >= 15 is 0 Å². The van der Waals surface area contributed by atoms with Gasteiger partial charge in [-0.25, -0.2) is 0 Å². The number of allylic oxidation sites excluding steroid dienone is 2. The van der Waals surface area contributed by atoms with E-state index in [4.69, 9.17) is 0 Å². The second-order valence-electron chi connectivity index (χ2n) is 3.73. The summed E-state index contributed by atoms with van der Waals surface area (Å²) in [7, 11) is 1.67. The Kier molecular flexibility index (Phi) is 2.52. The molecule has 0 spiro atoms. The minimum Gasteiger partial charge on any atom is -0.344 e. The smallest absolute Gasteiger partial charge is 0.249 e. The second-order valence-corrected chi connectivity index (χ2v) is 3.73. The van der Waals surface area contributed by atoms with Gasteiger partial charge in [0.25, 0.3) is 0 Å². The van der Waals surface area contributed by atoms with Gasteiger partial charge >= 0.3 is 0 Å². The molecule has 2 rings (SSSR count). The van der Waals surface area contributed by atoms with E-state index in [-0.39, 0.29) is 11.9 Å². The molecule has 1 heterocycles. The minimum absolute atomic E-state index is 0.0610. The molecule has 0 radical (unpaired) electrons. The third kappa shape index (κ3) is 1.64. The van der Waals surface area contributed by atoms with Gasteiger partial charge in [0.2, 0.25) is 5.91 Å². The number of hydrogen-bond acceptors (Lipinski definition) is 2. The first-order valence-corrected chi connectivity index (χ1v) is 5.00. The third-order valence-electron chi connectivity index (χ3n) is 2.82. The number of guanidine groups is 1. The first-order valence-electron chi connectivity index (χ1n) is 5.00. The Morgan fingerprint density at radius 2 is 2.36 bits per heavy atom. The molecule has 2 aliphatic rings. The lowest BCUT2D eigenvalue weighted by molar-refractivity contribution is -0.121. The summed E-state index contributed by atoms with van der Waals surface area (Å²) in [6.07, 6.45) is 7.48. The molecule has 0 bridgehead atoms. The number of amides is 1. The molecule has 2 N–H and O–H groups in total. The highest BCUT2D eigenvalue weighted by molar-refractivity contribution is 6.06. The van der Waals surface area contributed by atoms with E-state index in [2.05, 4.69) is 27.8 Å². The van der Waals surface area contributed by atoms with Gasteiger partial charge in [0.1, 0.15) is 6.04 Å². The first-order chi connectivity index (χ1) is 6.81. The first kappa shape index (κ1) is 9.24. The quantitative estimate of drug-likeness (QED) is 0.593. The molecule has 4 heteroatoms. The fourth-order valence-corrected chi connectivity index (χ4v) is 2.02. The average molecular weight is 193 g/mol. The molecule has 4 nitrogen and oxygen atoms in total. The van der Waals surface area contributed by atoms with Crippen LogP contribution in [0.25, 0.3) is 0 Å². The molecule has 1 amide bonds. The van der Waals surface area contributed by atoms with Gasteiger partial charge < -0.3 is 5.32 Å². The third-order valence-corrected chi connectivity index (χ3v) is 2.82. The topological polar surface area (TPSA) is 53.5 Å². The molecule has 0 saturated carbocycles. The van der Waals surface area contributed by atoms with Crippen molar-refractivity contribution in [1.29, 1.82) is 0 Å². The molecule has 1 saturated heterocycles. The van der Waals surface area contributed by atoms with Gasteiger partial charge in [-0.2, -0.15) is 0 Å². The zero-order valence-electron chi connectivity index (χ0n) is 8.29. The molecule has 2 atom stereocenters. The van der Waals surface area contributed by atoms with Crippen LogP contribution in [0.3, 0.4) is 0 Å². The normalized spacial score (nSPS) is 34.4. The highest BCUT2D eigenvalue weighted by atomic mass is 16.2. The van der Waals surface area contributed by atoms with Crippen LogP contribution in [0.5, 0.6) is 0 Å². The largest absolute Gasteiger partial charge is 0.344 e. The number of rotatable bonds is 1. The van der Waals surface area contributed by atoms with Crippen LogP contribution >= 0.6 is 0 Å². The van der Waals surface area contributed by atoms with Gasteiger partial charge in [0, 0.05) is 7.05 Å². The SMILES string of the molecule is CN=C1NC(=O)C(C2CC=CCC2)N1. The van der Waals surface area contributed by atoms with Crippen LogP contribution in [0.4, 0.5) is 0 Å².